The Morgan fingerprint density at radius 3 is 1.90 bits per heavy atom. The van der Waals surface area contributed by atoms with Gasteiger partial charge in [0.15, 0.2) is 6.17 Å². The first-order valence-electron chi connectivity index (χ1n) is 20.2. The quantitative estimate of drug-likeness (QED) is 0.184. The maximum atomic E-state index is 6.49. The summed E-state index contributed by atoms with van der Waals surface area (Å²) < 4.78 is 6.49. The smallest absolute Gasteiger partial charge is 0.170 e. The van der Waals surface area contributed by atoms with Crippen LogP contribution < -0.4 is 5.32 Å². The van der Waals surface area contributed by atoms with Crippen LogP contribution in [0.15, 0.2) is 196 Å². The Hall–Kier alpha value is -7.04. The molecular formula is C54H41N3O. The van der Waals surface area contributed by atoms with Crippen LogP contribution in [-0.2, 0) is 5.41 Å². The highest BCUT2D eigenvalue weighted by Crippen LogP contribution is 2.49. The molecule has 4 heteroatoms. The molecule has 0 saturated heterocycles. The van der Waals surface area contributed by atoms with Gasteiger partial charge in [0.25, 0.3) is 0 Å². The van der Waals surface area contributed by atoms with E-state index in [0.29, 0.717) is 0 Å². The second-order valence-electron chi connectivity index (χ2n) is 16.1. The summed E-state index contributed by atoms with van der Waals surface area (Å²) in [5, 5.41) is 5.76. The summed E-state index contributed by atoms with van der Waals surface area (Å²) in [6.45, 7) is 4.67. The number of amidine groups is 2. The van der Waals surface area contributed by atoms with E-state index in [-0.39, 0.29) is 5.41 Å². The van der Waals surface area contributed by atoms with Gasteiger partial charge in [0.1, 0.15) is 22.8 Å². The summed E-state index contributed by atoms with van der Waals surface area (Å²) in [6.07, 6.45) is 5.88. The van der Waals surface area contributed by atoms with Crippen LogP contribution >= 0.6 is 0 Å². The second kappa shape index (κ2) is 13.6. The number of hydrogen-bond acceptors (Lipinski definition) is 4. The summed E-state index contributed by atoms with van der Waals surface area (Å²) in [7, 11) is 0. The van der Waals surface area contributed by atoms with Gasteiger partial charge in [-0.2, -0.15) is 0 Å². The average molecular weight is 748 g/mol. The Bertz CT molecular complexity index is 3040. The standard InChI is InChI=1S/C54H41N3O/c1-54(2)46-18-10-9-16-42(46)44-32-40(28-30-47(44)54)37-24-26-39(27-25-37)52-55-51(38-14-7-4-8-15-38)56-53(57-52)43-17-11-19-49-50(43)45-33-41(29-31-48(45)58-49)36-22-20-35(21-23-36)34-12-5-3-6-13-34/h3-24,26,28-33,53H,25,27H2,1-2H3,(H,55,56,57). The van der Waals surface area contributed by atoms with Crippen LogP contribution in [0.2, 0.25) is 0 Å². The minimum atomic E-state index is -0.462. The third-order valence-electron chi connectivity index (χ3n) is 12.3. The second-order valence-corrected chi connectivity index (χ2v) is 16.1. The van der Waals surface area contributed by atoms with Crippen molar-refractivity contribution in [3.05, 3.63) is 209 Å². The zero-order valence-electron chi connectivity index (χ0n) is 32.5. The molecule has 0 spiro atoms. The molecule has 278 valence electrons. The maximum absolute atomic E-state index is 6.49. The minimum Gasteiger partial charge on any atom is -0.456 e. The van der Waals surface area contributed by atoms with Gasteiger partial charge in [0, 0.05) is 27.3 Å². The number of aliphatic imine (C=N–C) groups is 2. The molecule has 3 aliphatic rings. The van der Waals surface area contributed by atoms with Gasteiger partial charge in [-0.3, -0.25) is 0 Å². The number of rotatable bonds is 6. The lowest BCUT2D eigenvalue weighted by molar-refractivity contribution is 0.660. The van der Waals surface area contributed by atoms with Crippen molar-refractivity contribution < 1.29 is 4.42 Å². The number of allylic oxidation sites excluding steroid dienone is 3. The summed E-state index contributed by atoms with van der Waals surface area (Å²) in [4.78, 5) is 10.7. The third-order valence-corrected chi connectivity index (χ3v) is 12.3. The zero-order chi connectivity index (χ0) is 38.8. The van der Waals surface area contributed by atoms with Gasteiger partial charge in [-0.15, -0.1) is 0 Å². The summed E-state index contributed by atoms with van der Waals surface area (Å²) in [5.41, 5.74) is 17.8. The Morgan fingerprint density at radius 1 is 0.500 bits per heavy atom. The van der Waals surface area contributed by atoms with Gasteiger partial charge >= 0.3 is 0 Å². The highest BCUT2D eigenvalue weighted by Gasteiger charge is 2.35. The topological polar surface area (TPSA) is 49.9 Å². The van der Waals surface area contributed by atoms with Crippen molar-refractivity contribution in [1.29, 1.82) is 0 Å². The Morgan fingerprint density at radius 2 is 1.12 bits per heavy atom. The van der Waals surface area contributed by atoms with Crippen molar-refractivity contribution in [1.82, 2.24) is 5.32 Å². The van der Waals surface area contributed by atoms with Crippen molar-refractivity contribution in [2.24, 2.45) is 9.98 Å². The van der Waals surface area contributed by atoms with Crippen molar-refractivity contribution in [3.8, 4) is 33.4 Å². The lowest BCUT2D eigenvalue weighted by atomic mass is 9.82. The first-order valence-corrected chi connectivity index (χ1v) is 20.2. The van der Waals surface area contributed by atoms with Gasteiger partial charge in [-0.05, 0) is 98.3 Å². The van der Waals surface area contributed by atoms with Crippen LogP contribution in [0, 0.1) is 0 Å². The van der Waals surface area contributed by atoms with Crippen LogP contribution in [0.3, 0.4) is 0 Å². The molecule has 8 aromatic rings. The van der Waals surface area contributed by atoms with Crippen LogP contribution in [0.25, 0.3) is 60.9 Å². The van der Waals surface area contributed by atoms with Crippen LogP contribution in [0.5, 0.6) is 0 Å². The Balaban J connectivity index is 0.969. The lowest BCUT2D eigenvalue weighted by Crippen LogP contribution is -2.36. The number of fused-ring (bicyclic) bond motifs is 6. The number of benzene rings is 7. The molecule has 0 amide bonds. The Kier molecular flexibility index (Phi) is 8.01. The van der Waals surface area contributed by atoms with Gasteiger partial charge < -0.3 is 9.73 Å². The number of nitrogens with zero attached hydrogens (tertiary/aromatic N) is 2. The fourth-order valence-electron chi connectivity index (χ4n) is 9.22. The van der Waals surface area contributed by atoms with E-state index < -0.39 is 6.17 Å². The van der Waals surface area contributed by atoms with Crippen molar-refractivity contribution >= 4 is 39.2 Å². The highest BCUT2D eigenvalue weighted by molar-refractivity contribution is 6.16. The molecule has 0 fully saturated rings. The molecular weight excluding hydrogens is 707 g/mol. The van der Waals surface area contributed by atoms with Gasteiger partial charge in [-0.25, -0.2) is 9.98 Å². The molecule has 1 N–H and O–H groups in total. The van der Waals surface area contributed by atoms with Gasteiger partial charge in [0.05, 0.1) is 0 Å². The maximum Gasteiger partial charge on any atom is 0.170 e. The molecule has 0 bridgehead atoms. The fraction of sp³-hybridized carbons (Fsp3) is 0.111. The molecule has 1 unspecified atom stereocenters. The first-order chi connectivity index (χ1) is 28.5. The number of nitrogens with one attached hydrogen (secondary N) is 1. The monoisotopic (exact) mass is 747 g/mol. The van der Waals surface area contributed by atoms with E-state index in [1.54, 1.807) is 0 Å². The molecule has 0 saturated carbocycles. The van der Waals surface area contributed by atoms with Crippen LogP contribution in [0.4, 0.5) is 0 Å². The summed E-state index contributed by atoms with van der Waals surface area (Å²) in [5.74, 6) is 1.68. The SMILES string of the molecule is CC1(C)c2ccccc2-c2cc(C3=CC=C(C4=NC(c5cccc6oc7ccc(-c8ccc(-c9ccccc9)cc8)cc7c56)N=C(c5ccccc5)N4)CC3)ccc21. The van der Waals surface area contributed by atoms with E-state index in [1.165, 1.54) is 50.1 Å². The van der Waals surface area contributed by atoms with Crippen molar-refractivity contribution in [3.63, 3.8) is 0 Å². The van der Waals surface area contributed by atoms with Crippen molar-refractivity contribution in [2.45, 2.75) is 38.3 Å². The molecule has 2 heterocycles. The minimum absolute atomic E-state index is 0.00227. The summed E-state index contributed by atoms with van der Waals surface area (Å²) >= 11 is 0. The van der Waals surface area contributed by atoms with Crippen LogP contribution in [0.1, 0.15) is 60.7 Å². The van der Waals surface area contributed by atoms with E-state index in [4.69, 9.17) is 14.4 Å². The molecule has 4 nitrogen and oxygen atoms in total. The van der Waals surface area contributed by atoms with Gasteiger partial charge in [0.2, 0.25) is 0 Å². The number of furan rings is 1. The molecule has 1 aromatic heterocycles. The largest absolute Gasteiger partial charge is 0.456 e. The predicted octanol–water partition coefficient (Wildman–Crippen LogP) is 13.5. The molecule has 11 rings (SSSR count). The lowest BCUT2D eigenvalue weighted by Gasteiger charge is -2.25. The van der Waals surface area contributed by atoms with E-state index >= 15 is 0 Å². The average Bonchev–Trinajstić information content (AvgIpc) is 3.78. The normalized spacial score (nSPS) is 16.8. The molecule has 7 aromatic carbocycles. The highest BCUT2D eigenvalue weighted by atomic mass is 16.3. The molecule has 1 aliphatic heterocycles. The molecule has 1 atom stereocenters. The fourth-order valence-corrected chi connectivity index (χ4v) is 9.22. The first kappa shape index (κ1) is 34.2. The van der Waals surface area contributed by atoms with E-state index in [1.807, 2.05) is 6.07 Å². The summed E-state index contributed by atoms with van der Waals surface area (Å²) in [6, 6.07) is 58.3. The van der Waals surface area contributed by atoms with Gasteiger partial charge in [-0.1, -0.05) is 166 Å². The van der Waals surface area contributed by atoms with E-state index in [2.05, 4.69) is 189 Å². The predicted molar refractivity (Wildman–Crippen MR) is 240 cm³/mol. The molecule has 0 radical (unpaired) electrons. The molecule has 2 aliphatic carbocycles. The number of hydrogen-bond donors (Lipinski definition) is 1. The van der Waals surface area contributed by atoms with Crippen LogP contribution in [-0.4, -0.2) is 11.7 Å². The van der Waals surface area contributed by atoms with E-state index in [9.17, 15) is 0 Å². The zero-order valence-corrected chi connectivity index (χ0v) is 32.5. The Labute approximate surface area is 338 Å². The molecule has 58 heavy (non-hydrogen) atoms. The van der Waals surface area contributed by atoms with Crippen molar-refractivity contribution in [2.75, 3.05) is 0 Å². The van der Waals surface area contributed by atoms with E-state index in [0.717, 1.165) is 68.7 Å². The third kappa shape index (κ3) is 5.75.